The third-order valence-electron chi connectivity index (χ3n) is 3.77. The van der Waals surface area contributed by atoms with Crippen molar-refractivity contribution in [2.45, 2.75) is 0 Å². The molecule has 2 heterocycles. The quantitative estimate of drug-likeness (QED) is 0.445. The molecule has 0 fully saturated rings. The van der Waals surface area contributed by atoms with E-state index < -0.39 is 0 Å². The van der Waals surface area contributed by atoms with Crippen LogP contribution in [-0.4, -0.2) is 4.98 Å². The number of nitrogen functional groups attached to an aromatic ring is 1. The van der Waals surface area contributed by atoms with Crippen LogP contribution in [0.2, 0.25) is 0 Å². The van der Waals surface area contributed by atoms with E-state index >= 15 is 0 Å². The molecular formula is C18H11BrN4S. The van der Waals surface area contributed by atoms with Gasteiger partial charge in [0.2, 0.25) is 0 Å². The Morgan fingerprint density at radius 3 is 2.83 bits per heavy atom. The van der Waals surface area contributed by atoms with Crippen LogP contribution in [0.5, 0.6) is 0 Å². The van der Waals surface area contributed by atoms with Crippen LogP contribution in [0.15, 0.2) is 53.1 Å². The molecule has 0 unspecified atom stereocenters. The van der Waals surface area contributed by atoms with E-state index in [9.17, 15) is 5.26 Å². The second-order valence-electron chi connectivity index (χ2n) is 5.30. The summed E-state index contributed by atoms with van der Waals surface area (Å²) in [5.41, 5.74) is 8.99. The van der Waals surface area contributed by atoms with Crippen LogP contribution in [0.4, 0.5) is 17.1 Å². The van der Waals surface area contributed by atoms with Gasteiger partial charge in [-0.25, -0.2) is 4.98 Å². The standard InChI is InChI=1S/C18H11BrN4S/c19-11-3-1-4-12(7-11)23-16-10(8-20)9-22-18-15(16)13-5-2-6-14(21)17(13)24-18/h1-7,9H,21H2,(H,22,23). The molecule has 2 aromatic carbocycles. The monoisotopic (exact) mass is 394 g/mol. The minimum absolute atomic E-state index is 0.504. The molecule has 2 aromatic heterocycles. The van der Waals surface area contributed by atoms with Crippen molar-refractivity contribution in [2.75, 3.05) is 11.1 Å². The molecule has 4 nitrogen and oxygen atoms in total. The van der Waals surface area contributed by atoms with Gasteiger partial charge in [0.05, 0.1) is 16.0 Å². The zero-order valence-corrected chi connectivity index (χ0v) is 14.8. The highest BCUT2D eigenvalue weighted by molar-refractivity contribution is 9.10. The molecule has 24 heavy (non-hydrogen) atoms. The van der Waals surface area contributed by atoms with Crippen molar-refractivity contribution in [2.24, 2.45) is 0 Å². The number of hydrogen-bond acceptors (Lipinski definition) is 5. The highest BCUT2D eigenvalue weighted by Crippen LogP contribution is 2.41. The number of hydrogen-bond donors (Lipinski definition) is 2. The van der Waals surface area contributed by atoms with Gasteiger partial charge in [0.15, 0.2) is 0 Å². The Morgan fingerprint density at radius 1 is 1.21 bits per heavy atom. The van der Waals surface area contributed by atoms with Crippen molar-refractivity contribution >= 4 is 64.6 Å². The number of rotatable bonds is 2. The van der Waals surface area contributed by atoms with E-state index in [1.165, 1.54) is 0 Å². The Bertz CT molecular complexity index is 1130. The number of pyridine rings is 1. The molecule has 0 atom stereocenters. The molecule has 0 amide bonds. The molecule has 6 heteroatoms. The first kappa shape index (κ1) is 14.9. The molecule has 0 saturated heterocycles. The van der Waals surface area contributed by atoms with Gasteiger partial charge < -0.3 is 11.1 Å². The number of anilines is 3. The van der Waals surface area contributed by atoms with Gasteiger partial charge in [0.25, 0.3) is 0 Å². The van der Waals surface area contributed by atoms with Crippen molar-refractivity contribution in [1.82, 2.24) is 4.98 Å². The van der Waals surface area contributed by atoms with Crippen LogP contribution in [0.25, 0.3) is 20.3 Å². The summed E-state index contributed by atoms with van der Waals surface area (Å²) in [6.07, 6.45) is 1.61. The van der Waals surface area contributed by atoms with Crippen LogP contribution in [0, 0.1) is 11.3 Å². The largest absolute Gasteiger partial charge is 0.398 e. The molecule has 0 saturated carbocycles. The Kier molecular flexibility index (Phi) is 3.60. The number of nitrogens with two attached hydrogens (primary N) is 1. The molecule has 116 valence electrons. The minimum atomic E-state index is 0.504. The Balaban J connectivity index is 2.03. The summed E-state index contributed by atoms with van der Waals surface area (Å²) in [6.45, 7) is 0. The summed E-state index contributed by atoms with van der Waals surface area (Å²) < 4.78 is 1.96. The van der Waals surface area contributed by atoms with E-state index in [-0.39, 0.29) is 0 Å². The highest BCUT2D eigenvalue weighted by Gasteiger charge is 2.16. The van der Waals surface area contributed by atoms with E-state index in [1.54, 1.807) is 17.5 Å². The van der Waals surface area contributed by atoms with Gasteiger partial charge in [-0.15, -0.1) is 11.3 Å². The third kappa shape index (κ3) is 2.39. The first-order valence-electron chi connectivity index (χ1n) is 7.20. The van der Waals surface area contributed by atoms with Gasteiger partial charge in [0.1, 0.15) is 10.9 Å². The maximum Gasteiger partial charge on any atom is 0.126 e. The number of nitriles is 1. The van der Waals surface area contributed by atoms with Gasteiger partial charge in [-0.3, -0.25) is 0 Å². The lowest BCUT2D eigenvalue weighted by Gasteiger charge is -2.10. The number of thiophene rings is 1. The predicted octanol–water partition coefficient (Wildman–Crippen LogP) is 5.41. The van der Waals surface area contributed by atoms with E-state index in [2.05, 4.69) is 32.3 Å². The summed E-state index contributed by atoms with van der Waals surface area (Å²) >= 11 is 5.01. The molecule has 0 aliphatic heterocycles. The van der Waals surface area contributed by atoms with Crippen LogP contribution in [0.1, 0.15) is 5.56 Å². The number of fused-ring (bicyclic) bond motifs is 3. The topological polar surface area (TPSA) is 74.7 Å². The lowest BCUT2D eigenvalue weighted by Crippen LogP contribution is -1.95. The van der Waals surface area contributed by atoms with Crippen molar-refractivity contribution in [3.05, 3.63) is 58.7 Å². The molecule has 0 aliphatic carbocycles. The SMILES string of the molecule is N#Cc1cnc2sc3c(N)cccc3c2c1Nc1cccc(Br)c1. The average molecular weight is 395 g/mol. The molecule has 4 aromatic rings. The fourth-order valence-electron chi connectivity index (χ4n) is 2.71. The number of aromatic nitrogens is 1. The van der Waals surface area contributed by atoms with E-state index in [0.29, 0.717) is 5.56 Å². The molecular weight excluding hydrogens is 384 g/mol. The molecule has 0 aliphatic rings. The smallest absolute Gasteiger partial charge is 0.126 e. The average Bonchev–Trinajstić information content (AvgIpc) is 2.96. The molecule has 3 N–H and O–H groups in total. The lowest BCUT2D eigenvalue weighted by atomic mass is 10.1. The zero-order valence-electron chi connectivity index (χ0n) is 12.4. The second kappa shape index (κ2) is 5.78. The fourth-order valence-corrected chi connectivity index (χ4v) is 4.19. The zero-order chi connectivity index (χ0) is 16.7. The maximum absolute atomic E-state index is 9.51. The molecule has 0 spiro atoms. The van der Waals surface area contributed by atoms with E-state index in [4.69, 9.17) is 5.73 Å². The number of nitrogens with one attached hydrogen (secondary N) is 1. The van der Waals surface area contributed by atoms with Crippen LogP contribution >= 0.6 is 27.3 Å². The first-order valence-corrected chi connectivity index (χ1v) is 8.80. The van der Waals surface area contributed by atoms with E-state index in [0.717, 1.165) is 41.8 Å². The van der Waals surface area contributed by atoms with Crippen LogP contribution in [-0.2, 0) is 0 Å². The maximum atomic E-state index is 9.51. The van der Waals surface area contributed by atoms with Gasteiger partial charge in [-0.1, -0.05) is 34.1 Å². The fraction of sp³-hybridized carbons (Fsp3) is 0. The van der Waals surface area contributed by atoms with Crippen molar-refractivity contribution in [3.63, 3.8) is 0 Å². The van der Waals surface area contributed by atoms with Gasteiger partial charge in [-0.2, -0.15) is 5.26 Å². The van der Waals surface area contributed by atoms with Crippen molar-refractivity contribution in [3.8, 4) is 6.07 Å². The number of nitrogens with zero attached hydrogens (tertiary/aromatic N) is 2. The Morgan fingerprint density at radius 2 is 2.04 bits per heavy atom. The minimum Gasteiger partial charge on any atom is -0.398 e. The summed E-state index contributed by atoms with van der Waals surface area (Å²) in [5, 5.41) is 14.8. The highest BCUT2D eigenvalue weighted by atomic mass is 79.9. The summed E-state index contributed by atoms with van der Waals surface area (Å²) in [5.74, 6) is 0. The van der Waals surface area contributed by atoms with E-state index in [1.807, 2.05) is 42.5 Å². The van der Waals surface area contributed by atoms with Gasteiger partial charge >= 0.3 is 0 Å². The normalized spacial score (nSPS) is 10.8. The number of benzene rings is 2. The molecule has 0 bridgehead atoms. The first-order chi connectivity index (χ1) is 11.7. The van der Waals surface area contributed by atoms with Gasteiger partial charge in [-0.05, 0) is 24.3 Å². The van der Waals surface area contributed by atoms with Crippen molar-refractivity contribution in [1.29, 1.82) is 5.26 Å². The Hall–Kier alpha value is -2.62. The summed E-state index contributed by atoms with van der Waals surface area (Å²) in [6, 6.07) is 15.9. The predicted molar refractivity (Wildman–Crippen MR) is 104 cm³/mol. The molecule has 4 rings (SSSR count). The number of halogens is 1. The summed E-state index contributed by atoms with van der Waals surface area (Å²) in [4.78, 5) is 5.30. The van der Waals surface area contributed by atoms with Crippen LogP contribution < -0.4 is 11.1 Å². The van der Waals surface area contributed by atoms with Crippen molar-refractivity contribution < 1.29 is 0 Å². The Labute approximate surface area is 150 Å². The van der Waals surface area contributed by atoms with Crippen LogP contribution in [0.3, 0.4) is 0 Å². The molecule has 0 radical (unpaired) electrons. The third-order valence-corrected chi connectivity index (χ3v) is 5.43. The summed E-state index contributed by atoms with van der Waals surface area (Å²) in [7, 11) is 0. The second-order valence-corrected chi connectivity index (χ2v) is 7.21. The van der Waals surface area contributed by atoms with Gasteiger partial charge in [0, 0.05) is 32.8 Å². The lowest BCUT2D eigenvalue weighted by molar-refractivity contribution is 1.38.